The van der Waals surface area contributed by atoms with Crippen LogP contribution >= 0.6 is 11.6 Å². The molecule has 2 aromatic heterocycles. The molecule has 2 heterocycles. The quantitative estimate of drug-likeness (QED) is 0.672. The van der Waals surface area contributed by atoms with Crippen LogP contribution in [0.1, 0.15) is 23.3 Å². The van der Waals surface area contributed by atoms with Gasteiger partial charge in [-0.25, -0.2) is 14.6 Å². The first kappa shape index (κ1) is 17.6. The number of amides is 2. The Hall–Kier alpha value is -3.26. The van der Waals surface area contributed by atoms with Crippen molar-refractivity contribution in [2.45, 2.75) is 13.0 Å². The molecule has 0 saturated carbocycles. The molecule has 2 N–H and O–H groups in total. The first-order chi connectivity index (χ1) is 12.5. The number of anilines is 2. The van der Waals surface area contributed by atoms with E-state index in [1.165, 1.54) is 23.5 Å². The average molecular weight is 371 g/mol. The van der Waals surface area contributed by atoms with Gasteiger partial charge in [0.05, 0.1) is 5.56 Å². The maximum atomic E-state index is 12.2. The Morgan fingerprint density at radius 1 is 1.08 bits per heavy atom. The van der Waals surface area contributed by atoms with Gasteiger partial charge >= 0.3 is 0 Å². The Balaban J connectivity index is 1.60. The van der Waals surface area contributed by atoms with Gasteiger partial charge in [-0.2, -0.15) is 5.10 Å². The molecule has 1 atom stereocenters. The molecule has 0 aliphatic carbocycles. The maximum Gasteiger partial charge on any atom is 0.257 e. The first-order valence-corrected chi connectivity index (χ1v) is 8.08. The second kappa shape index (κ2) is 7.75. The summed E-state index contributed by atoms with van der Waals surface area (Å²) >= 11 is 5.70. The predicted molar refractivity (Wildman–Crippen MR) is 97.0 cm³/mol. The molecule has 0 spiro atoms. The lowest BCUT2D eigenvalue weighted by Gasteiger charge is -2.12. The molecule has 3 rings (SSSR count). The zero-order chi connectivity index (χ0) is 18.5. The van der Waals surface area contributed by atoms with Crippen LogP contribution in [0.15, 0.2) is 55.2 Å². The lowest BCUT2D eigenvalue weighted by Crippen LogP contribution is -2.24. The van der Waals surface area contributed by atoms with Gasteiger partial charge in [0.2, 0.25) is 5.91 Å². The number of nitrogens with one attached hydrogen (secondary N) is 2. The summed E-state index contributed by atoms with van der Waals surface area (Å²) in [5.74, 6) is -0.523. The van der Waals surface area contributed by atoms with Crippen LogP contribution in [-0.4, -0.2) is 31.6 Å². The number of nitrogens with zero attached hydrogens (tertiary/aromatic N) is 4. The van der Waals surface area contributed by atoms with Gasteiger partial charge in [-0.3, -0.25) is 9.59 Å². The van der Waals surface area contributed by atoms with E-state index in [-0.39, 0.29) is 11.8 Å². The van der Waals surface area contributed by atoms with E-state index in [1.54, 1.807) is 43.3 Å². The average Bonchev–Trinajstić information content (AvgIpc) is 3.18. The van der Waals surface area contributed by atoms with E-state index in [9.17, 15) is 9.59 Å². The van der Waals surface area contributed by atoms with Crippen LogP contribution in [0.4, 0.5) is 11.4 Å². The number of rotatable bonds is 5. The van der Waals surface area contributed by atoms with Gasteiger partial charge in [-0.1, -0.05) is 11.6 Å². The highest BCUT2D eigenvalue weighted by atomic mass is 35.5. The number of benzene rings is 1. The molecule has 0 bridgehead atoms. The molecule has 9 heteroatoms. The van der Waals surface area contributed by atoms with Crippen molar-refractivity contribution in [3.05, 3.63) is 66.0 Å². The van der Waals surface area contributed by atoms with Crippen molar-refractivity contribution in [2.75, 3.05) is 10.6 Å². The fourth-order valence-electron chi connectivity index (χ4n) is 2.13. The molecule has 132 valence electrons. The highest BCUT2D eigenvalue weighted by Crippen LogP contribution is 2.16. The van der Waals surface area contributed by atoms with Gasteiger partial charge < -0.3 is 10.6 Å². The number of carbonyl (C=O) groups is 2. The topological polar surface area (TPSA) is 102 Å². The molecule has 2 amide bonds. The largest absolute Gasteiger partial charge is 0.324 e. The van der Waals surface area contributed by atoms with Crippen LogP contribution in [0.2, 0.25) is 5.15 Å². The highest BCUT2D eigenvalue weighted by Gasteiger charge is 2.15. The standard InChI is InChI=1S/C17H15ClN6O2/c1-11(24-10-19-9-21-24)16(25)22-13-3-5-14(6-4-13)23-17(26)12-2-7-15(18)20-8-12/h2-11H,1H3,(H,22,25)(H,23,26). The van der Waals surface area contributed by atoms with Crippen LogP contribution in [0.5, 0.6) is 0 Å². The van der Waals surface area contributed by atoms with E-state index in [1.807, 2.05) is 0 Å². The fourth-order valence-corrected chi connectivity index (χ4v) is 2.25. The lowest BCUT2D eigenvalue weighted by atomic mass is 10.2. The van der Waals surface area contributed by atoms with E-state index in [2.05, 4.69) is 25.7 Å². The molecule has 0 aliphatic rings. The Bertz CT molecular complexity index is 894. The van der Waals surface area contributed by atoms with Crippen LogP contribution < -0.4 is 10.6 Å². The van der Waals surface area contributed by atoms with Crippen LogP contribution in [0.3, 0.4) is 0 Å². The minimum absolute atomic E-state index is 0.223. The minimum atomic E-state index is -0.491. The number of pyridine rings is 1. The minimum Gasteiger partial charge on any atom is -0.324 e. The number of halogens is 1. The third-order valence-corrected chi connectivity index (χ3v) is 3.84. The summed E-state index contributed by atoms with van der Waals surface area (Å²) in [5.41, 5.74) is 1.59. The van der Waals surface area contributed by atoms with E-state index in [0.29, 0.717) is 22.1 Å². The van der Waals surface area contributed by atoms with Gasteiger partial charge in [0.15, 0.2) is 0 Å². The number of hydrogen-bond acceptors (Lipinski definition) is 5. The van der Waals surface area contributed by atoms with Crippen molar-refractivity contribution in [1.29, 1.82) is 0 Å². The molecule has 1 unspecified atom stereocenters. The van der Waals surface area contributed by atoms with Crippen LogP contribution in [0, 0.1) is 0 Å². The van der Waals surface area contributed by atoms with E-state index >= 15 is 0 Å². The molecular formula is C17H15ClN6O2. The van der Waals surface area contributed by atoms with Crippen molar-refractivity contribution in [2.24, 2.45) is 0 Å². The summed E-state index contributed by atoms with van der Waals surface area (Å²) in [5, 5.41) is 9.79. The molecule has 0 fully saturated rings. The zero-order valence-corrected chi connectivity index (χ0v) is 14.5. The van der Waals surface area contributed by atoms with Crippen molar-refractivity contribution in [3.8, 4) is 0 Å². The lowest BCUT2D eigenvalue weighted by molar-refractivity contribution is -0.119. The molecule has 0 saturated heterocycles. The summed E-state index contributed by atoms with van der Waals surface area (Å²) < 4.78 is 1.46. The van der Waals surface area contributed by atoms with Crippen molar-refractivity contribution in [1.82, 2.24) is 19.7 Å². The summed E-state index contributed by atoms with van der Waals surface area (Å²) in [6.07, 6.45) is 4.25. The van der Waals surface area contributed by atoms with E-state index in [0.717, 1.165) is 0 Å². The second-order valence-corrected chi connectivity index (χ2v) is 5.83. The van der Waals surface area contributed by atoms with Gasteiger partial charge in [0, 0.05) is 17.6 Å². The van der Waals surface area contributed by atoms with Crippen molar-refractivity contribution in [3.63, 3.8) is 0 Å². The van der Waals surface area contributed by atoms with Gasteiger partial charge in [-0.15, -0.1) is 0 Å². The summed E-state index contributed by atoms with van der Waals surface area (Å²) in [4.78, 5) is 32.0. The normalized spacial score (nSPS) is 11.6. The van der Waals surface area contributed by atoms with E-state index < -0.39 is 6.04 Å². The summed E-state index contributed by atoms with van der Waals surface area (Å²) in [6.45, 7) is 1.72. The molecule has 3 aromatic rings. The van der Waals surface area contributed by atoms with Gasteiger partial charge in [-0.05, 0) is 43.3 Å². The predicted octanol–water partition coefficient (Wildman–Crippen LogP) is 2.78. The molecule has 1 aromatic carbocycles. The third-order valence-electron chi connectivity index (χ3n) is 3.61. The Kier molecular flexibility index (Phi) is 5.23. The van der Waals surface area contributed by atoms with E-state index in [4.69, 9.17) is 11.6 Å². The SMILES string of the molecule is CC(C(=O)Nc1ccc(NC(=O)c2ccc(Cl)nc2)cc1)n1cncn1. The first-order valence-electron chi connectivity index (χ1n) is 7.71. The van der Waals surface area contributed by atoms with Gasteiger partial charge in [0.25, 0.3) is 5.91 Å². The van der Waals surface area contributed by atoms with Crippen molar-refractivity contribution < 1.29 is 9.59 Å². The Labute approximate surface area is 154 Å². The smallest absolute Gasteiger partial charge is 0.257 e. The molecule has 26 heavy (non-hydrogen) atoms. The monoisotopic (exact) mass is 370 g/mol. The highest BCUT2D eigenvalue weighted by molar-refractivity contribution is 6.29. The molecule has 8 nitrogen and oxygen atoms in total. The third kappa shape index (κ3) is 4.22. The number of aromatic nitrogens is 4. The second-order valence-electron chi connectivity index (χ2n) is 5.44. The van der Waals surface area contributed by atoms with Crippen LogP contribution in [-0.2, 0) is 4.79 Å². The summed E-state index contributed by atoms with van der Waals surface area (Å²) in [6, 6.07) is 9.42. The number of hydrogen-bond donors (Lipinski definition) is 2. The Morgan fingerprint density at radius 3 is 2.35 bits per heavy atom. The zero-order valence-electron chi connectivity index (χ0n) is 13.8. The molecule has 0 aliphatic heterocycles. The fraction of sp³-hybridized carbons (Fsp3) is 0.118. The molecular weight excluding hydrogens is 356 g/mol. The van der Waals surface area contributed by atoms with Gasteiger partial charge in [0.1, 0.15) is 23.8 Å². The summed E-state index contributed by atoms with van der Waals surface area (Å²) in [7, 11) is 0. The number of carbonyl (C=O) groups excluding carboxylic acids is 2. The molecule has 0 radical (unpaired) electrons. The maximum absolute atomic E-state index is 12.2. The van der Waals surface area contributed by atoms with Crippen molar-refractivity contribution >= 4 is 34.8 Å². The Morgan fingerprint density at radius 2 is 1.77 bits per heavy atom. The van der Waals surface area contributed by atoms with Crippen LogP contribution in [0.25, 0.3) is 0 Å².